The summed E-state index contributed by atoms with van der Waals surface area (Å²) in [5, 5.41) is 2.71. The number of nitrogens with zero attached hydrogens (tertiary/aromatic N) is 1. The molecule has 4 nitrogen and oxygen atoms in total. The number of hydrogen-bond acceptors (Lipinski definition) is 3. The van der Waals surface area contributed by atoms with Gasteiger partial charge in [0, 0.05) is 23.2 Å². The van der Waals surface area contributed by atoms with E-state index in [2.05, 4.69) is 12.2 Å². The highest BCUT2D eigenvalue weighted by Gasteiger charge is 2.29. The second-order valence-electron chi connectivity index (χ2n) is 5.24. The minimum absolute atomic E-state index is 0.203. The molecule has 1 aliphatic rings. The monoisotopic (exact) mass is 306 g/mol. The summed E-state index contributed by atoms with van der Waals surface area (Å²) >= 11 is 1.60. The van der Waals surface area contributed by atoms with E-state index in [4.69, 9.17) is 0 Å². The van der Waals surface area contributed by atoms with Crippen LogP contribution >= 0.6 is 11.8 Å². The number of carbonyl (C=O) groups excluding carboxylic acids is 2. The Morgan fingerprint density at radius 3 is 2.90 bits per heavy atom. The molecule has 1 aromatic carbocycles. The number of likely N-dealkylation sites (tertiary alicyclic amines) is 1. The van der Waals surface area contributed by atoms with Gasteiger partial charge in [-0.15, -0.1) is 11.8 Å². The molecule has 114 valence electrons. The highest BCUT2D eigenvalue weighted by Crippen LogP contribution is 2.21. The first-order chi connectivity index (χ1) is 10.2. The quantitative estimate of drug-likeness (QED) is 0.689. The molecule has 0 aliphatic carbocycles. The first-order valence-corrected chi connectivity index (χ1v) is 8.64. The smallest absolute Gasteiger partial charge is 0.313 e. The van der Waals surface area contributed by atoms with Crippen LogP contribution in [0.3, 0.4) is 0 Å². The molecule has 1 fully saturated rings. The Labute approximate surface area is 130 Å². The predicted octanol–water partition coefficient (Wildman–Crippen LogP) is 3.14. The van der Waals surface area contributed by atoms with Crippen molar-refractivity contribution in [2.75, 3.05) is 18.1 Å². The van der Waals surface area contributed by atoms with Crippen LogP contribution < -0.4 is 5.32 Å². The van der Waals surface area contributed by atoms with Crippen molar-refractivity contribution in [3.05, 3.63) is 24.3 Å². The van der Waals surface area contributed by atoms with E-state index in [1.165, 1.54) is 0 Å². The van der Waals surface area contributed by atoms with Crippen LogP contribution in [0.25, 0.3) is 0 Å². The standard InChI is InChI=1S/C16H22N2O2S/c1-3-13-8-4-5-10-18(13)16(20)15(19)17-12-7-6-9-14(11-12)21-2/h6-7,9,11,13H,3-5,8,10H2,1-2H3,(H,17,19). The van der Waals surface area contributed by atoms with Crippen molar-refractivity contribution >= 4 is 29.3 Å². The topological polar surface area (TPSA) is 49.4 Å². The summed E-state index contributed by atoms with van der Waals surface area (Å²) in [5.74, 6) is -0.940. The van der Waals surface area contributed by atoms with E-state index in [0.717, 1.165) is 30.6 Å². The Kier molecular flexibility index (Phi) is 5.67. The van der Waals surface area contributed by atoms with Gasteiger partial charge in [0.1, 0.15) is 0 Å². The van der Waals surface area contributed by atoms with Gasteiger partial charge in [-0.1, -0.05) is 13.0 Å². The molecule has 5 heteroatoms. The van der Waals surface area contributed by atoms with Gasteiger partial charge in [0.2, 0.25) is 0 Å². The average molecular weight is 306 g/mol. The van der Waals surface area contributed by atoms with Crippen molar-refractivity contribution in [1.82, 2.24) is 4.90 Å². The number of thioether (sulfide) groups is 1. The second kappa shape index (κ2) is 7.50. The number of piperidine rings is 1. The molecule has 0 saturated carbocycles. The number of benzene rings is 1. The summed E-state index contributed by atoms with van der Waals surface area (Å²) in [6, 6.07) is 7.73. The van der Waals surface area contributed by atoms with Crippen molar-refractivity contribution in [3.8, 4) is 0 Å². The van der Waals surface area contributed by atoms with E-state index in [-0.39, 0.29) is 6.04 Å². The van der Waals surface area contributed by atoms with E-state index < -0.39 is 11.8 Å². The fraction of sp³-hybridized carbons (Fsp3) is 0.500. The molecule has 1 unspecified atom stereocenters. The lowest BCUT2D eigenvalue weighted by Crippen LogP contribution is -2.48. The Morgan fingerprint density at radius 2 is 2.19 bits per heavy atom. The zero-order valence-electron chi connectivity index (χ0n) is 12.6. The minimum atomic E-state index is -0.534. The van der Waals surface area contributed by atoms with Crippen molar-refractivity contribution in [2.24, 2.45) is 0 Å². The zero-order valence-corrected chi connectivity index (χ0v) is 13.4. The van der Waals surface area contributed by atoms with Crippen LogP contribution in [-0.2, 0) is 9.59 Å². The van der Waals surface area contributed by atoms with Crippen LogP contribution in [-0.4, -0.2) is 35.6 Å². The zero-order chi connectivity index (χ0) is 15.2. The summed E-state index contributed by atoms with van der Waals surface area (Å²) in [4.78, 5) is 27.3. The average Bonchev–Trinajstić information content (AvgIpc) is 2.54. The van der Waals surface area contributed by atoms with Gasteiger partial charge in [0.25, 0.3) is 0 Å². The van der Waals surface area contributed by atoms with Gasteiger partial charge < -0.3 is 10.2 Å². The van der Waals surface area contributed by atoms with Crippen LogP contribution in [0.1, 0.15) is 32.6 Å². The number of nitrogens with one attached hydrogen (secondary N) is 1. The molecule has 1 heterocycles. The molecule has 0 spiro atoms. The Morgan fingerprint density at radius 1 is 1.38 bits per heavy atom. The molecule has 1 N–H and O–H groups in total. The number of amides is 2. The summed E-state index contributed by atoms with van der Waals surface area (Å²) in [6.45, 7) is 2.76. The highest BCUT2D eigenvalue weighted by atomic mass is 32.2. The molecule has 2 rings (SSSR count). The van der Waals surface area contributed by atoms with Crippen molar-refractivity contribution in [2.45, 2.75) is 43.5 Å². The fourth-order valence-corrected chi connectivity index (χ4v) is 3.17. The van der Waals surface area contributed by atoms with Crippen LogP contribution in [0, 0.1) is 0 Å². The Balaban J connectivity index is 2.03. The summed E-state index contributed by atoms with van der Waals surface area (Å²) in [6.07, 6.45) is 6.00. The number of carbonyl (C=O) groups is 2. The normalized spacial score (nSPS) is 18.4. The Hall–Kier alpha value is -1.49. The maximum absolute atomic E-state index is 12.3. The fourth-order valence-electron chi connectivity index (χ4n) is 2.71. The lowest BCUT2D eigenvalue weighted by Gasteiger charge is -2.34. The van der Waals surface area contributed by atoms with Crippen LogP contribution in [0.4, 0.5) is 5.69 Å². The minimum Gasteiger partial charge on any atom is -0.331 e. The van der Waals surface area contributed by atoms with E-state index in [1.807, 2.05) is 24.5 Å². The largest absolute Gasteiger partial charge is 0.331 e. The van der Waals surface area contributed by atoms with Gasteiger partial charge in [-0.2, -0.15) is 0 Å². The maximum Gasteiger partial charge on any atom is 0.313 e. The molecule has 1 aliphatic heterocycles. The predicted molar refractivity (Wildman–Crippen MR) is 86.5 cm³/mol. The summed E-state index contributed by atoms with van der Waals surface area (Å²) < 4.78 is 0. The van der Waals surface area contributed by atoms with Crippen molar-refractivity contribution in [1.29, 1.82) is 0 Å². The third-order valence-electron chi connectivity index (χ3n) is 3.88. The molecule has 2 amide bonds. The third kappa shape index (κ3) is 4.00. The number of rotatable bonds is 3. The second-order valence-corrected chi connectivity index (χ2v) is 6.12. The third-order valence-corrected chi connectivity index (χ3v) is 4.61. The lowest BCUT2D eigenvalue weighted by atomic mass is 10.00. The van der Waals surface area contributed by atoms with Crippen molar-refractivity contribution < 1.29 is 9.59 Å². The van der Waals surface area contributed by atoms with Crippen LogP contribution in [0.15, 0.2) is 29.2 Å². The molecule has 1 aromatic rings. The van der Waals surface area contributed by atoms with E-state index in [1.54, 1.807) is 22.7 Å². The highest BCUT2D eigenvalue weighted by molar-refractivity contribution is 7.98. The van der Waals surface area contributed by atoms with E-state index in [9.17, 15) is 9.59 Å². The molecular formula is C16H22N2O2S. The summed E-state index contributed by atoms with van der Waals surface area (Å²) in [7, 11) is 0. The first kappa shape index (κ1) is 15.9. The number of anilines is 1. The van der Waals surface area contributed by atoms with Gasteiger partial charge in [-0.05, 0) is 50.1 Å². The number of hydrogen-bond donors (Lipinski definition) is 1. The molecule has 21 heavy (non-hydrogen) atoms. The maximum atomic E-state index is 12.3. The molecule has 0 aromatic heterocycles. The van der Waals surface area contributed by atoms with Gasteiger partial charge in [-0.3, -0.25) is 9.59 Å². The van der Waals surface area contributed by atoms with Gasteiger partial charge in [-0.25, -0.2) is 0 Å². The van der Waals surface area contributed by atoms with E-state index >= 15 is 0 Å². The van der Waals surface area contributed by atoms with Crippen LogP contribution in [0.2, 0.25) is 0 Å². The SMILES string of the molecule is CCC1CCCCN1C(=O)C(=O)Nc1cccc(SC)c1. The van der Waals surface area contributed by atoms with Crippen LogP contribution in [0.5, 0.6) is 0 Å². The first-order valence-electron chi connectivity index (χ1n) is 7.41. The molecule has 0 bridgehead atoms. The van der Waals surface area contributed by atoms with Gasteiger partial charge >= 0.3 is 11.8 Å². The molecular weight excluding hydrogens is 284 g/mol. The Bertz CT molecular complexity index is 519. The molecule has 1 saturated heterocycles. The van der Waals surface area contributed by atoms with Gasteiger partial charge in [0.15, 0.2) is 0 Å². The van der Waals surface area contributed by atoms with Crippen molar-refractivity contribution in [3.63, 3.8) is 0 Å². The molecule has 0 radical (unpaired) electrons. The summed E-state index contributed by atoms with van der Waals surface area (Å²) in [5.41, 5.74) is 0.672. The van der Waals surface area contributed by atoms with Gasteiger partial charge in [0.05, 0.1) is 0 Å². The lowest BCUT2D eigenvalue weighted by molar-refractivity contribution is -0.145. The van der Waals surface area contributed by atoms with E-state index in [0.29, 0.717) is 12.2 Å². The molecule has 1 atom stereocenters.